The number of aromatic nitrogens is 2. The molecule has 2 aromatic rings. The lowest BCUT2D eigenvalue weighted by molar-refractivity contribution is -0.141. The second-order valence-electron chi connectivity index (χ2n) is 4.01. The Hall–Kier alpha value is -1.63. The summed E-state index contributed by atoms with van der Waals surface area (Å²) in [5.74, 6) is -0.185. The molecule has 0 saturated heterocycles. The van der Waals surface area contributed by atoms with Gasteiger partial charge in [-0.3, -0.25) is 9.31 Å². The Bertz CT molecular complexity index is 593. The highest BCUT2D eigenvalue weighted by molar-refractivity contribution is 7.83. The fourth-order valence-electron chi connectivity index (χ4n) is 1.78. The third-order valence-electron chi connectivity index (χ3n) is 2.55. The molecule has 1 N–H and O–H groups in total. The lowest BCUT2D eigenvalue weighted by Gasteiger charge is -2.07. The van der Waals surface area contributed by atoms with Crippen LogP contribution in [0.15, 0.2) is 30.3 Å². The smallest absolute Gasteiger partial charge is 0.273 e. The van der Waals surface area contributed by atoms with Crippen LogP contribution < -0.4 is 0 Å². The van der Waals surface area contributed by atoms with Crippen molar-refractivity contribution in [1.82, 2.24) is 10.2 Å². The van der Waals surface area contributed by atoms with Gasteiger partial charge in [-0.2, -0.15) is 18.3 Å². The number of aromatic amines is 1. The van der Waals surface area contributed by atoms with Gasteiger partial charge in [0.2, 0.25) is 0 Å². The van der Waals surface area contributed by atoms with Gasteiger partial charge in [0.1, 0.15) is 5.69 Å². The van der Waals surface area contributed by atoms with E-state index in [1.54, 1.807) is 30.3 Å². The number of hydrogen-bond acceptors (Lipinski definition) is 2. The molecule has 1 heterocycles. The van der Waals surface area contributed by atoms with Crippen molar-refractivity contribution in [3.8, 4) is 11.3 Å². The number of H-pyrrole nitrogens is 1. The van der Waals surface area contributed by atoms with Gasteiger partial charge >= 0.3 is 6.18 Å². The molecule has 2 rings (SSSR count). The van der Waals surface area contributed by atoms with E-state index in [2.05, 4.69) is 5.10 Å². The Morgan fingerprint density at radius 1 is 1.26 bits per heavy atom. The first-order valence-electron chi connectivity index (χ1n) is 5.39. The summed E-state index contributed by atoms with van der Waals surface area (Å²) in [6.07, 6.45) is -3.17. The first-order valence-corrected chi connectivity index (χ1v) is 7.12. The number of hydrogen-bond donors (Lipinski definition) is 1. The van der Waals surface area contributed by atoms with Gasteiger partial charge in [0, 0.05) is 28.2 Å². The molecule has 1 atom stereocenters. The van der Waals surface area contributed by atoms with Crippen molar-refractivity contribution in [1.29, 1.82) is 0 Å². The molecular formula is C12H11F3N2OS. The zero-order chi connectivity index (χ0) is 14.0. The topological polar surface area (TPSA) is 45.8 Å². The Labute approximate surface area is 110 Å². The van der Waals surface area contributed by atoms with E-state index in [-0.39, 0.29) is 17.0 Å². The number of alkyl halides is 3. The number of nitrogens with one attached hydrogen (secondary N) is 1. The average Bonchev–Trinajstić information content (AvgIpc) is 2.72. The van der Waals surface area contributed by atoms with Crippen LogP contribution in [-0.4, -0.2) is 20.7 Å². The minimum atomic E-state index is -4.53. The van der Waals surface area contributed by atoms with Crippen LogP contribution in [0.3, 0.4) is 0 Å². The van der Waals surface area contributed by atoms with Gasteiger partial charge < -0.3 is 0 Å². The number of rotatable bonds is 3. The highest BCUT2D eigenvalue weighted by Gasteiger charge is 2.37. The lowest BCUT2D eigenvalue weighted by atomic mass is 10.1. The van der Waals surface area contributed by atoms with Crippen LogP contribution in [0.2, 0.25) is 0 Å². The fourth-order valence-corrected chi connectivity index (χ4v) is 2.47. The molecule has 19 heavy (non-hydrogen) atoms. The number of nitrogens with zero attached hydrogens (tertiary/aromatic N) is 1. The van der Waals surface area contributed by atoms with Crippen LogP contribution in [0.4, 0.5) is 13.2 Å². The molecular weight excluding hydrogens is 277 g/mol. The molecule has 7 heteroatoms. The predicted octanol–water partition coefficient (Wildman–Crippen LogP) is 2.97. The summed E-state index contributed by atoms with van der Waals surface area (Å²) in [6, 6.07) is 8.52. The Kier molecular flexibility index (Phi) is 3.75. The molecule has 0 bridgehead atoms. The van der Waals surface area contributed by atoms with Crippen LogP contribution in [0.1, 0.15) is 11.3 Å². The SMILES string of the molecule is CS(=O)Cc1c(-c2ccccc2)n[nH]c1C(F)(F)F. The van der Waals surface area contributed by atoms with Gasteiger partial charge in [-0.25, -0.2) is 0 Å². The average molecular weight is 288 g/mol. The number of benzene rings is 1. The van der Waals surface area contributed by atoms with Crippen molar-refractivity contribution >= 4 is 10.8 Å². The lowest BCUT2D eigenvalue weighted by Crippen LogP contribution is -2.10. The highest BCUT2D eigenvalue weighted by atomic mass is 32.2. The summed E-state index contributed by atoms with van der Waals surface area (Å²) in [7, 11) is -1.38. The monoisotopic (exact) mass is 288 g/mol. The number of halogens is 3. The fraction of sp³-hybridized carbons (Fsp3) is 0.250. The second kappa shape index (κ2) is 5.16. The molecule has 102 valence electrons. The molecule has 0 aliphatic heterocycles. The summed E-state index contributed by atoms with van der Waals surface area (Å²) in [5.41, 5.74) is -0.223. The predicted molar refractivity (Wildman–Crippen MR) is 66.8 cm³/mol. The maximum atomic E-state index is 12.9. The molecule has 0 amide bonds. The Morgan fingerprint density at radius 3 is 2.42 bits per heavy atom. The van der Waals surface area contributed by atoms with E-state index in [0.717, 1.165) is 0 Å². The summed E-state index contributed by atoms with van der Waals surface area (Å²) >= 11 is 0. The molecule has 0 saturated carbocycles. The second-order valence-corrected chi connectivity index (χ2v) is 5.44. The molecule has 3 nitrogen and oxygen atoms in total. The third kappa shape index (κ3) is 3.04. The van der Waals surface area contributed by atoms with Crippen LogP contribution in [0, 0.1) is 0 Å². The molecule has 1 aromatic carbocycles. The summed E-state index contributed by atoms with van der Waals surface area (Å²) in [4.78, 5) is 0. The van der Waals surface area contributed by atoms with Crippen LogP contribution in [0.25, 0.3) is 11.3 Å². The first-order chi connectivity index (χ1) is 8.89. The summed E-state index contributed by atoms with van der Waals surface area (Å²) < 4.78 is 49.8. The van der Waals surface area contributed by atoms with E-state index < -0.39 is 22.7 Å². The Balaban J connectivity index is 2.56. The molecule has 0 fully saturated rings. The van der Waals surface area contributed by atoms with Crippen molar-refractivity contribution < 1.29 is 17.4 Å². The zero-order valence-corrected chi connectivity index (χ0v) is 10.8. The van der Waals surface area contributed by atoms with E-state index in [0.29, 0.717) is 5.56 Å². The highest BCUT2D eigenvalue weighted by Crippen LogP contribution is 2.35. The standard InChI is InChI=1S/C12H11F3N2OS/c1-19(18)7-9-10(8-5-3-2-4-6-8)16-17-11(9)12(13,14)15/h2-6H,7H2,1H3,(H,16,17). The van der Waals surface area contributed by atoms with Gasteiger partial charge in [-0.1, -0.05) is 30.3 Å². The molecule has 1 aromatic heterocycles. The van der Waals surface area contributed by atoms with E-state index >= 15 is 0 Å². The van der Waals surface area contributed by atoms with E-state index in [4.69, 9.17) is 0 Å². The minimum absolute atomic E-state index is 0.0560. The maximum Gasteiger partial charge on any atom is 0.433 e. The zero-order valence-electron chi connectivity index (χ0n) is 9.99. The van der Waals surface area contributed by atoms with Gasteiger partial charge in [0.25, 0.3) is 0 Å². The van der Waals surface area contributed by atoms with Gasteiger partial charge in [-0.15, -0.1) is 0 Å². The van der Waals surface area contributed by atoms with E-state index in [1.807, 2.05) is 5.10 Å². The summed E-state index contributed by atoms with van der Waals surface area (Å²) in [5, 5.41) is 5.74. The van der Waals surface area contributed by atoms with Crippen molar-refractivity contribution in [3.63, 3.8) is 0 Å². The molecule has 0 spiro atoms. The minimum Gasteiger partial charge on any atom is -0.273 e. The largest absolute Gasteiger partial charge is 0.433 e. The van der Waals surface area contributed by atoms with Crippen molar-refractivity contribution in [3.05, 3.63) is 41.6 Å². The molecule has 1 unspecified atom stereocenters. The van der Waals surface area contributed by atoms with E-state index in [1.165, 1.54) is 6.26 Å². The molecule has 0 radical (unpaired) electrons. The van der Waals surface area contributed by atoms with Crippen LogP contribution in [-0.2, 0) is 22.7 Å². The van der Waals surface area contributed by atoms with E-state index in [9.17, 15) is 17.4 Å². The quantitative estimate of drug-likeness (QED) is 0.943. The van der Waals surface area contributed by atoms with Crippen molar-refractivity contribution in [2.45, 2.75) is 11.9 Å². The van der Waals surface area contributed by atoms with Crippen molar-refractivity contribution in [2.75, 3.05) is 6.26 Å². The van der Waals surface area contributed by atoms with Gasteiger partial charge in [0.15, 0.2) is 0 Å². The van der Waals surface area contributed by atoms with Gasteiger partial charge in [0.05, 0.1) is 11.4 Å². The van der Waals surface area contributed by atoms with Crippen LogP contribution in [0.5, 0.6) is 0 Å². The Morgan fingerprint density at radius 2 is 1.89 bits per heavy atom. The summed E-state index contributed by atoms with van der Waals surface area (Å²) in [6.45, 7) is 0. The van der Waals surface area contributed by atoms with Crippen LogP contribution >= 0.6 is 0 Å². The van der Waals surface area contributed by atoms with Gasteiger partial charge in [-0.05, 0) is 0 Å². The normalized spacial score (nSPS) is 13.5. The molecule has 0 aliphatic rings. The first kappa shape index (κ1) is 13.8. The maximum absolute atomic E-state index is 12.9. The third-order valence-corrected chi connectivity index (χ3v) is 3.24. The van der Waals surface area contributed by atoms with Crippen molar-refractivity contribution in [2.24, 2.45) is 0 Å². The molecule has 0 aliphatic carbocycles.